The molecule has 0 aliphatic rings. The van der Waals surface area contributed by atoms with Crippen molar-refractivity contribution in [3.8, 4) is 22.8 Å². The van der Waals surface area contributed by atoms with Gasteiger partial charge in [-0.2, -0.15) is 5.10 Å². The highest BCUT2D eigenvalue weighted by Gasteiger charge is 2.22. The molecule has 0 aliphatic carbocycles. The lowest BCUT2D eigenvalue weighted by Gasteiger charge is -2.09. The van der Waals surface area contributed by atoms with E-state index in [0.717, 1.165) is 0 Å². The van der Waals surface area contributed by atoms with Crippen molar-refractivity contribution in [1.29, 1.82) is 0 Å². The number of benzene rings is 1. The van der Waals surface area contributed by atoms with Crippen LogP contribution in [0.2, 0.25) is 0 Å². The van der Waals surface area contributed by atoms with Gasteiger partial charge in [-0.25, -0.2) is 4.79 Å². The molecule has 0 saturated heterocycles. The number of ether oxygens (including phenoxy) is 2. The van der Waals surface area contributed by atoms with E-state index in [1.807, 2.05) is 0 Å². The Morgan fingerprint density at radius 1 is 1.37 bits per heavy atom. The molecule has 2 rings (SSSR count). The van der Waals surface area contributed by atoms with E-state index in [1.54, 1.807) is 18.2 Å². The van der Waals surface area contributed by atoms with Gasteiger partial charge in [0.05, 0.1) is 19.9 Å². The molecule has 4 N–H and O–H groups in total. The van der Waals surface area contributed by atoms with Crippen LogP contribution < -0.4 is 15.2 Å². The van der Waals surface area contributed by atoms with Crippen molar-refractivity contribution in [3.05, 3.63) is 23.8 Å². The van der Waals surface area contributed by atoms with E-state index in [2.05, 4.69) is 10.2 Å². The topological polar surface area (TPSA) is 110 Å². The summed E-state index contributed by atoms with van der Waals surface area (Å²) in [5.74, 6) is -0.175. The van der Waals surface area contributed by atoms with Crippen LogP contribution in [0.25, 0.3) is 11.3 Å². The fraction of sp³-hybridized carbons (Fsp3) is 0.167. The van der Waals surface area contributed by atoms with Crippen molar-refractivity contribution >= 4 is 11.8 Å². The predicted molar refractivity (Wildman–Crippen MR) is 68.5 cm³/mol. The average molecular weight is 263 g/mol. The maximum absolute atomic E-state index is 11.2. The molecule has 1 heterocycles. The zero-order valence-corrected chi connectivity index (χ0v) is 10.4. The number of nitrogen functional groups attached to an aromatic ring is 1. The minimum Gasteiger partial charge on any atom is -0.497 e. The first-order chi connectivity index (χ1) is 9.08. The molecule has 0 amide bonds. The predicted octanol–water partition coefficient (Wildman–Crippen LogP) is 1.37. The molecule has 7 nitrogen and oxygen atoms in total. The summed E-state index contributed by atoms with van der Waals surface area (Å²) in [6.07, 6.45) is 0. The lowest BCUT2D eigenvalue weighted by molar-refractivity contribution is 0.0699. The van der Waals surface area contributed by atoms with Crippen LogP contribution in [0.1, 0.15) is 10.4 Å². The van der Waals surface area contributed by atoms with Crippen molar-refractivity contribution in [2.45, 2.75) is 0 Å². The summed E-state index contributed by atoms with van der Waals surface area (Å²) in [5.41, 5.74) is 6.25. The first kappa shape index (κ1) is 12.7. The van der Waals surface area contributed by atoms with Gasteiger partial charge in [-0.05, 0) is 18.2 Å². The molecular weight excluding hydrogens is 250 g/mol. The number of methoxy groups -OCH3 is 2. The number of hydrogen-bond donors (Lipinski definition) is 3. The zero-order chi connectivity index (χ0) is 14.0. The average Bonchev–Trinajstić information content (AvgIpc) is 2.79. The van der Waals surface area contributed by atoms with Crippen molar-refractivity contribution in [2.75, 3.05) is 20.0 Å². The van der Waals surface area contributed by atoms with Crippen LogP contribution in [0, 0.1) is 0 Å². The Morgan fingerprint density at radius 3 is 2.68 bits per heavy atom. The van der Waals surface area contributed by atoms with E-state index in [4.69, 9.17) is 15.2 Å². The van der Waals surface area contributed by atoms with Crippen molar-refractivity contribution < 1.29 is 19.4 Å². The molecule has 0 radical (unpaired) electrons. The first-order valence-corrected chi connectivity index (χ1v) is 5.38. The lowest BCUT2D eigenvalue weighted by atomic mass is 10.1. The highest BCUT2D eigenvalue weighted by atomic mass is 16.5. The van der Waals surface area contributed by atoms with Crippen LogP contribution in [0.5, 0.6) is 11.5 Å². The largest absolute Gasteiger partial charge is 0.497 e. The third-order valence-corrected chi connectivity index (χ3v) is 2.68. The molecule has 2 aromatic rings. The molecule has 0 aliphatic heterocycles. The standard InChI is InChI=1S/C12H13N3O4/c1-18-6-3-4-8(19-2)7(5-6)10-9(12(16)17)11(13)15-14-10/h3-5H,1-2H3,(H,16,17)(H3,13,14,15). The van der Waals surface area contributed by atoms with Gasteiger partial charge in [-0.15, -0.1) is 0 Å². The molecule has 0 spiro atoms. The summed E-state index contributed by atoms with van der Waals surface area (Å²) in [4.78, 5) is 11.2. The van der Waals surface area contributed by atoms with E-state index in [0.29, 0.717) is 17.1 Å². The highest BCUT2D eigenvalue weighted by Crippen LogP contribution is 2.35. The van der Waals surface area contributed by atoms with Gasteiger partial charge in [-0.3, -0.25) is 5.10 Å². The Morgan fingerprint density at radius 2 is 2.11 bits per heavy atom. The smallest absolute Gasteiger partial charge is 0.341 e. The van der Waals surface area contributed by atoms with E-state index in [-0.39, 0.29) is 17.1 Å². The Bertz CT molecular complexity index is 621. The van der Waals surface area contributed by atoms with E-state index in [1.165, 1.54) is 14.2 Å². The molecule has 19 heavy (non-hydrogen) atoms. The monoisotopic (exact) mass is 263 g/mol. The zero-order valence-electron chi connectivity index (χ0n) is 10.4. The summed E-state index contributed by atoms with van der Waals surface area (Å²) in [5, 5.41) is 15.5. The van der Waals surface area contributed by atoms with E-state index in [9.17, 15) is 9.90 Å². The maximum atomic E-state index is 11.2. The fourth-order valence-electron chi connectivity index (χ4n) is 1.78. The van der Waals surface area contributed by atoms with Crippen LogP contribution >= 0.6 is 0 Å². The van der Waals surface area contributed by atoms with Gasteiger partial charge in [0, 0.05) is 5.56 Å². The van der Waals surface area contributed by atoms with E-state index < -0.39 is 5.97 Å². The molecule has 0 bridgehead atoms. The number of H-pyrrole nitrogens is 1. The molecule has 0 atom stereocenters. The number of anilines is 1. The number of carboxylic acids is 1. The first-order valence-electron chi connectivity index (χ1n) is 5.38. The Hall–Kier alpha value is -2.70. The highest BCUT2D eigenvalue weighted by molar-refractivity contribution is 6.00. The van der Waals surface area contributed by atoms with Gasteiger partial charge < -0.3 is 20.3 Å². The summed E-state index contributed by atoms with van der Waals surface area (Å²) in [6.45, 7) is 0. The van der Waals surface area contributed by atoms with Gasteiger partial charge in [-0.1, -0.05) is 0 Å². The van der Waals surface area contributed by atoms with Crippen LogP contribution in [0.3, 0.4) is 0 Å². The molecule has 100 valence electrons. The Balaban J connectivity index is 2.67. The minimum atomic E-state index is -1.16. The minimum absolute atomic E-state index is 0.0765. The third-order valence-electron chi connectivity index (χ3n) is 2.68. The number of hydrogen-bond acceptors (Lipinski definition) is 5. The number of nitrogens with zero attached hydrogens (tertiary/aromatic N) is 1. The SMILES string of the molecule is COc1ccc(OC)c(-c2[nH]nc(N)c2C(=O)O)c1. The second-order valence-corrected chi connectivity index (χ2v) is 3.73. The fourth-order valence-corrected chi connectivity index (χ4v) is 1.78. The molecule has 0 fully saturated rings. The van der Waals surface area contributed by atoms with Gasteiger partial charge in [0.2, 0.25) is 0 Å². The number of rotatable bonds is 4. The van der Waals surface area contributed by atoms with Gasteiger partial charge in [0.25, 0.3) is 0 Å². The van der Waals surface area contributed by atoms with Gasteiger partial charge >= 0.3 is 5.97 Å². The second kappa shape index (κ2) is 4.89. The third kappa shape index (κ3) is 2.17. The number of nitrogens with two attached hydrogens (primary N) is 1. The maximum Gasteiger partial charge on any atom is 0.341 e. The number of carboxylic acid groups (broad SMARTS) is 1. The number of aromatic carboxylic acids is 1. The van der Waals surface area contributed by atoms with Crippen molar-refractivity contribution in [1.82, 2.24) is 10.2 Å². The molecule has 1 aromatic carbocycles. The molecule has 7 heteroatoms. The second-order valence-electron chi connectivity index (χ2n) is 3.73. The van der Waals surface area contributed by atoms with Crippen LogP contribution in [-0.2, 0) is 0 Å². The summed E-state index contributed by atoms with van der Waals surface area (Å²) >= 11 is 0. The quantitative estimate of drug-likeness (QED) is 0.768. The Labute approximate surface area is 109 Å². The summed E-state index contributed by atoms with van der Waals surface area (Å²) in [7, 11) is 3.01. The van der Waals surface area contributed by atoms with Crippen molar-refractivity contribution in [2.24, 2.45) is 0 Å². The molecule has 0 saturated carbocycles. The van der Waals surface area contributed by atoms with E-state index >= 15 is 0 Å². The van der Waals surface area contributed by atoms with Gasteiger partial charge in [0.15, 0.2) is 5.82 Å². The number of aromatic amines is 1. The normalized spacial score (nSPS) is 10.2. The van der Waals surface area contributed by atoms with Gasteiger partial charge in [0.1, 0.15) is 17.1 Å². The number of aromatic nitrogens is 2. The summed E-state index contributed by atoms with van der Waals surface area (Å²) in [6, 6.07) is 5.04. The lowest BCUT2D eigenvalue weighted by Crippen LogP contribution is -2.02. The van der Waals surface area contributed by atoms with Crippen LogP contribution in [-0.4, -0.2) is 35.5 Å². The molecule has 0 unspecified atom stereocenters. The van der Waals surface area contributed by atoms with Crippen molar-refractivity contribution in [3.63, 3.8) is 0 Å². The van der Waals surface area contributed by atoms with Crippen LogP contribution in [0.4, 0.5) is 5.82 Å². The summed E-state index contributed by atoms with van der Waals surface area (Å²) < 4.78 is 10.3. The molecular formula is C12H13N3O4. The number of nitrogens with one attached hydrogen (secondary N) is 1. The Kier molecular flexibility index (Phi) is 3.28. The number of carbonyl (C=O) groups is 1. The van der Waals surface area contributed by atoms with Crippen LogP contribution in [0.15, 0.2) is 18.2 Å². The molecule has 1 aromatic heterocycles.